The minimum Gasteiger partial charge on any atom is -0.491 e. The molecule has 0 saturated heterocycles. The molecular weight excluding hydrogens is 443 g/mol. The lowest BCUT2D eigenvalue weighted by Gasteiger charge is -2.15. The summed E-state index contributed by atoms with van der Waals surface area (Å²) in [5.41, 5.74) is -3.22. The molecule has 1 aromatic carbocycles. The highest BCUT2D eigenvalue weighted by Gasteiger charge is 2.38. The average molecular weight is 454 g/mol. The maximum absolute atomic E-state index is 13.4. The highest BCUT2D eigenvalue weighted by atomic mass is 35.5. The van der Waals surface area contributed by atoms with Gasteiger partial charge in [0, 0.05) is 11.1 Å². The SMILES string of the molecule is [C-]#[N+]c1cc(Cl)cc(Oc2c(C(F)(F)F)ncn(Cc3cc(OC)c(=O)[nH]n3)c2=O)c1. The van der Waals surface area contributed by atoms with Crippen molar-refractivity contribution in [3.63, 3.8) is 0 Å². The molecule has 1 N–H and O–H groups in total. The van der Waals surface area contributed by atoms with E-state index in [0.717, 1.165) is 16.7 Å². The Morgan fingerprint density at radius 1 is 1.26 bits per heavy atom. The van der Waals surface area contributed by atoms with Crippen LogP contribution < -0.4 is 20.6 Å². The topological polar surface area (TPSA) is 103 Å². The van der Waals surface area contributed by atoms with Gasteiger partial charge in [-0.25, -0.2) is 14.9 Å². The smallest absolute Gasteiger partial charge is 0.437 e. The summed E-state index contributed by atoms with van der Waals surface area (Å²) in [4.78, 5) is 30.7. The number of methoxy groups -OCH3 is 1. The van der Waals surface area contributed by atoms with Crippen LogP contribution in [0, 0.1) is 6.57 Å². The molecule has 0 atom stereocenters. The van der Waals surface area contributed by atoms with Crippen molar-refractivity contribution >= 4 is 17.3 Å². The van der Waals surface area contributed by atoms with Gasteiger partial charge >= 0.3 is 11.7 Å². The van der Waals surface area contributed by atoms with E-state index in [9.17, 15) is 22.8 Å². The van der Waals surface area contributed by atoms with E-state index in [-0.39, 0.29) is 34.4 Å². The number of halogens is 4. The number of hydrogen-bond acceptors (Lipinski definition) is 6. The van der Waals surface area contributed by atoms with Crippen molar-refractivity contribution < 1.29 is 22.6 Å². The van der Waals surface area contributed by atoms with E-state index < -0.39 is 28.7 Å². The molecule has 2 aromatic heterocycles. The van der Waals surface area contributed by atoms with Crippen LogP contribution in [-0.4, -0.2) is 26.9 Å². The van der Waals surface area contributed by atoms with E-state index in [1.165, 1.54) is 19.2 Å². The maximum atomic E-state index is 13.4. The van der Waals surface area contributed by atoms with Crippen LogP contribution in [0.2, 0.25) is 5.02 Å². The Balaban J connectivity index is 2.09. The Morgan fingerprint density at radius 3 is 2.65 bits per heavy atom. The number of ether oxygens (including phenoxy) is 2. The summed E-state index contributed by atoms with van der Waals surface area (Å²) in [6.07, 6.45) is -4.31. The standard InChI is InChI=1S/C18H11ClF3N5O4/c1-23-10-3-9(19)4-12(5-10)31-14-15(18(20,21)22)24-8-27(17(14)29)7-11-6-13(30-2)16(28)26-25-11/h3-6,8H,7H2,2H3,(H,26,28). The molecule has 2 heterocycles. The summed E-state index contributed by atoms with van der Waals surface area (Å²) < 4.78 is 51.1. The molecule has 0 saturated carbocycles. The molecule has 0 spiro atoms. The molecule has 13 heteroatoms. The summed E-state index contributed by atoms with van der Waals surface area (Å²) in [6, 6.07) is 4.79. The van der Waals surface area contributed by atoms with Crippen molar-refractivity contribution in [1.82, 2.24) is 19.7 Å². The minimum atomic E-state index is -4.99. The van der Waals surface area contributed by atoms with Gasteiger partial charge in [0.05, 0.1) is 32.2 Å². The van der Waals surface area contributed by atoms with Crippen LogP contribution in [0.4, 0.5) is 18.9 Å². The van der Waals surface area contributed by atoms with E-state index in [2.05, 4.69) is 20.0 Å². The van der Waals surface area contributed by atoms with Crippen LogP contribution in [0.25, 0.3) is 4.85 Å². The van der Waals surface area contributed by atoms with E-state index in [1.54, 1.807) is 0 Å². The van der Waals surface area contributed by atoms with E-state index in [0.29, 0.717) is 6.33 Å². The lowest BCUT2D eigenvalue weighted by molar-refractivity contribution is -0.142. The predicted octanol–water partition coefficient (Wildman–Crippen LogP) is 3.40. The van der Waals surface area contributed by atoms with Gasteiger partial charge in [-0.15, -0.1) is 0 Å². The number of rotatable bonds is 5. The third-order valence-corrected chi connectivity index (χ3v) is 4.06. The molecule has 0 bridgehead atoms. The molecule has 0 radical (unpaired) electrons. The average Bonchev–Trinajstić information content (AvgIpc) is 2.70. The van der Waals surface area contributed by atoms with Crippen LogP contribution in [0.3, 0.4) is 0 Å². The number of H-pyrrole nitrogens is 1. The first-order chi connectivity index (χ1) is 14.6. The second-order valence-corrected chi connectivity index (χ2v) is 6.41. The van der Waals surface area contributed by atoms with Crippen molar-refractivity contribution in [2.45, 2.75) is 12.7 Å². The molecule has 160 valence electrons. The lowest BCUT2D eigenvalue weighted by Crippen LogP contribution is -2.27. The summed E-state index contributed by atoms with van der Waals surface area (Å²) in [5, 5.41) is 5.90. The molecule has 3 rings (SSSR count). The molecule has 0 unspecified atom stereocenters. The van der Waals surface area contributed by atoms with Crippen molar-refractivity contribution in [3.8, 4) is 17.2 Å². The number of aromatic amines is 1. The summed E-state index contributed by atoms with van der Waals surface area (Å²) in [6.45, 7) is 6.68. The van der Waals surface area contributed by atoms with E-state index in [1.807, 2.05) is 0 Å². The Labute approximate surface area is 176 Å². The van der Waals surface area contributed by atoms with E-state index in [4.69, 9.17) is 27.6 Å². The van der Waals surface area contributed by atoms with Crippen LogP contribution in [-0.2, 0) is 12.7 Å². The highest BCUT2D eigenvalue weighted by Crippen LogP contribution is 2.36. The van der Waals surface area contributed by atoms with Crippen LogP contribution in [0.1, 0.15) is 11.4 Å². The Hall–Kier alpha value is -3.85. The zero-order valence-corrected chi connectivity index (χ0v) is 16.3. The molecule has 31 heavy (non-hydrogen) atoms. The summed E-state index contributed by atoms with van der Waals surface area (Å²) >= 11 is 5.85. The number of hydrogen-bond donors (Lipinski definition) is 1. The quantitative estimate of drug-likeness (QED) is 0.594. The van der Waals surface area contributed by atoms with Crippen molar-refractivity contribution in [1.29, 1.82) is 0 Å². The molecule has 0 aliphatic rings. The maximum Gasteiger partial charge on any atom is 0.437 e. The third kappa shape index (κ3) is 4.84. The molecule has 9 nitrogen and oxygen atoms in total. The van der Waals surface area contributed by atoms with Crippen molar-refractivity contribution in [2.75, 3.05) is 7.11 Å². The first-order valence-corrected chi connectivity index (χ1v) is 8.65. The second-order valence-electron chi connectivity index (χ2n) is 5.97. The zero-order chi connectivity index (χ0) is 22.8. The van der Waals surface area contributed by atoms with Gasteiger partial charge < -0.3 is 9.47 Å². The largest absolute Gasteiger partial charge is 0.491 e. The van der Waals surface area contributed by atoms with E-state index >= 15 is 0 Å². The Bertz CT molecular complexity index is 1300. The summed E-state index contributed by atoms with van der Waals surface area (Å²) in [7, 11) is 1.24. The van der Waals surface area contributed by atoms with Gasteiger partial charge in [-0.1, -0.05) is 11.6 Å². The molecule has 0 fully saturated rings. The number of nitrogens with zero attached hydrogens (tertiary/aromatic N) is 4. The Morgan fingerprint density at radius 2 is 2.00 bits per heavy atom. The van der Waals surface area contributed by atoms with Crippen LogP contribution in [0.15, 0.2) is 40.2 Å². The van der Waals surface area contributed by atoms with Crippen LogP contribution in [0.5, 0.6) is 17.2 Å². The molecule has 0 amide bonds. The zero-order valence-electron chi connectivity index (χ0n) is 15.5. The first-order valence-electron chi connectivity index (χ1n) is 8.27. The fourth-order valence-electron chi connectivity index (χ4n) is 2.50. The monoisotopic (exact) mass is 453 g/mol. The number of nitrogens with one attached hydrogen (secondary N) is 1. The Kier molecular flexibility index (Phi) is 5.98. The molecule has 3 aromatic rings. The number of benzene rings is 1. The predicted molar refractivity (Wildman–Crippen MR) is 102 cm³/mol. The van der Waals surface area contributed by atoms with Gasteiger partial charge in [0.25, 0.3) is 5.56 Å². The number of aromatic nitrogens is 4. The van der Waals surface area contributed by atoms with Gasteiger partial charge in [0.15, 0.2) is 17.1 Å². The number of alkyl halides is 3. The van der Waals surface area contributed by atoms with Gasteiger partial charge in [-0.05, 0) is 18.2 Å². The van der Waals surface area contributed by atoms with Crippen molar-refractivity contribution in [3.05, 3.63) is 79.1 Å². The highest BCUT2D eigenvalue weighted by molar-refractivity contribution is 6.31. The lowest BCUT2D eigenvalue weighted by atomic mass is 10.3. The fraction of sp³-hybridized carbons (Fsp3) is 0.167. The fourth-order valence-corrected chi connectivity index (χ4v) is 2.72. The van der Waals surface area contributed by atoms with Gasteiger partial charge in [-0.2, -0.15) is 18.3 Å². The first kappa shape index (κ1) is 21.8. The molecule has 0 aliphatic heterocycles. The van der Waals surface area contributed by atoms with Crippen molar-refractivity contribution in [2.24, 2.45) is 0 Å². The van der Waals surface area contributed by atoms with Crippen LogP contribution >= 0.6 is 11.6 Å². The van der Waals surface area contributed by atoms with Gasteiger partial charge in [0.1, 0.15) is 5.75 Å². The minimum absolute atomic E-state index is 0.00445. The summed E-state index contributed by atoms with van der Waals surface area (Å²) in [5.74, 6) is -1.45. The molecular formula is C18H11ClF3N5O4. The third-order valence-electron chi connectivity index (χ3n) is 3.84. The second kappa shape index (κ2) is 8.49. The normalized spacial score (nSPS) is 11.1. The van der Waals surface area contributed by atoms with Gasteiger partial charge in [0.2, 0.25) is 5.75 Å². The molecule has 0 aliphatic carbocycles. The van der Waals surface area contributed by atoms with Gasteiger partial charge in [-0.3, -0.25) is 14.2 Å².